The molecule has 1 saturated heterocycles. The minimum Gasteiger partial charge on any atom is -0.403 e. The average molecular weight is 378 g/mol. The predicted molar refractivity (Wildman–Crippen MR) is 103 cm³/mol. The van der Waals surface area contributed by atoms with E-state index in [0.29, 0.717) is 40.4 Å². The highest BCUT2D eigenvalue weighted by Gasteiger charge is 2.41. The number of nitrogens with zero attached hydrogens (tertiary/aromatic N) is 4. The van der Waals surface area contributed by atoms with Crippen LogP contribution in [0.3, 0.4) is 0 Å². The van der Waals surface area contributed by atoms with Gasteiger partial charge in [0.2, 0.25) is 11.9 Å². The summed E-state index contributed by atoms with van der Waals surface area (Å²) in [5.41, 5.74) is 6.15. The van der Waals surface area contributed by atoms with Crippen molar-refractivity contribution in [2.24, 2.45) is 22.6 Å². The lowest BCUT2D eigenvalue weighted by Crippen LogP contribution is -2.29. The fraction of sp³-hybridized carbons (Fsp3) is 0.529. The van der Waals surface area contributed by atoms with Crippen LogP contribution in [-0.4, -0.2) is 53.2 Å². The molecule has 0 bridgehead atoms. The van der Waals surface area contributed by atoms with Crippen molar-refractivity contribution in [3.63, 3.8) is 0 Å². The molecule has 1 aromatic rings. The molecule has 4 N–H and O–H groups in total. The van der Waals surface area contributed by atoms with Gasteiger partial charge >= 0.3 is 0 Å². The molecular formula is C17H24ClN7O. The first-order valence-electron chi connectivity index (χ1n) is 8.65. The second-order valence-electron chi connectivity index (χ2n) is 6.78. The van der Waals surface area contributed by atoms with Crippen LogP contribution >= 0.6 is 11.6 Å². The molecule has 2 fully saturated rings. The molecule has 1 aliphatic heterocycles. The number of carbonyl (C=O) groups excluding carboxylic acids is 1. The van der Waals surface area contributed by atoms with Crippen molar-refractivity contribution in [3.05, 3.63) is 23.1 Å². The van der Waals surface area contributed by atoms with Gasteiger partial charge in [0.1, 0.15) is 5.02 Å². The number of nitrogens with two attached hydrogens (primary N) is 1. The van der Waals surface area contributed by atoms with E-state index >= 15 is 0 Å². The monoisotopic (exact) mass is 377 g/mol. The van der Waals surface area contributed by atoms with Crippen molar-refractivity contribution in [3.8, 4) is 0 Å². The lowest BCUT2D eigenvalue weighted by Gasteiger charge is -2.19. The maximum absolute atomic E-state index is 11.5. The lowest BCUT2D eigenvalue weighted by molar-refractivity contribution is -0.128. The van der Waals surface area contributed by atoms with Crippen LogP contribution in [0, 0.1) is 11.8 Å². The third-order valence-corrected chi connectivity index (χ3v) is 5.26. The van der Waals surface area contributed by atoms with E-state index in [-0.39, 0.29) is 5.91 Å². The SMILES string of the molecule is CN=CC(=CN)Nc1ncc(Cl)c(NC2CC3CN(C(C)=O)CC3C2)n1. The van der Waals surface area contributed by atoms with E-state index in [1.807, 2.05) is 4.90 Å². The van der Waals surface area contributed by atoms with E-state index in [2.05, 4.69) is 25.6 Å². The summed E-state index contributed by atoms with van der Waals surface area (Å²) in [6, 6.07) is 0.293. The minimum absolute atomic E-state index is 0.165. The van der Waals surface area contributed by atoms with E-state index < -0.39 is 0 Å². The number of halogens is 1. The van der Waals surface area contributed by atoms with E-state index in [1.165, 1.54) is 6.20 Å². The minimum atomic E-state index is 0.165. The molecule has 0 radical (unpaired) electrons. The molecule has 1 saturated carbocycles. The third-order valence-electron chi connectivity index (χ3n) is 4.99. The number of aliphatic imine (C=N–C) groups is 1. The lowest BCUT2D eigenvalue weighted by atomic mass is 10.0. The number of aromatic nitrogens is 2. The second-order valence-corrected chi connectivity index (χ2v) is 7.19. The van der Waals surface area contributed by atoms with Gasteiger partial charge in [-0.15, -0.1) is 0 Å². The topological polar surface area (TPSA) is 109 Å². The molecule has 26 heavy (non-hydrogen) atoms. The smallest absolute Gasteiger partial charge is 0.229 e. The second kappa shape index (κ2) is 7.90. The summed E-state index contributed by atoms with van der Waals surface area (Å²) in [7, 11) is 1.66. The molecule has 1 aromatic heterocycles. The largest absolute Gasteiger partial charge is 0.403 e. The van der Waals surface area contributed by atoms with Crippen LogP contribution in [-0.2, 0) is 4.79 Å². The number of nitrogens with one attached hydrogen (secondary N) is 2. The van der Waals surface area contributed by atoms with Crippen molar-refractivity contribution in [2.45, 2.75) is 25.8 Å². The van der Waals surface area contributed by atoms with Crippen LogP contribution in [0.5, 0.6) is 0 Å². The van der Waals surface area contributed by atoms with Gasteiger partial charge in [0.15, 0.2) is 5.82 Å². The average Bonchev–Trinajstić information content (AvgIpc) is 3.16. The molecular weight excluding hydrogens is 354 g/mol. The van der Waals surface area contributed by atoms with E-state index in [4.69, 9.17) is 17.3 Å². The maximum atomic E-state index is 11.5. The number of allylic oxidation sites excluding steroid dienone is 1. The van der Waals surface area contributed by atoms with Gasteiger partial charge in [-0.25, -0.2) is 4.98 Å². The summed E-state index contributed by atoms with van der Waals surface area (Å²) in [6.07, 6.45) is 6.56. The number of rotatable bonds is 5. The van der Waals surface area contributed by atoms with Crippen molar-refractivity contribution in [1.82, 2.24) is 14.9 Å². The highest BCUT2D eigenvalue weighted by molar-refractivity contribution is 6.32. The zero-order valence-corrected chi connectivity index (χ0v) is 15.7. The van der Waals surface area contributed by atoms with Crippen LogP contribution in [0.4, 0.5) is 11.8 Å². The molecule has 2 atom stereocenters. The predicted octanol–water partition coefficient (Wildman–Crippen LogP) is 1.71. The molecule has 1 amide bonds. The van der Waals surface area contributed by atoms with Crippen LogP contribution in [0.2, 0.25) is 5.02 Å². The maximum Gasteiger partial charge on any atom is 0.229 e. The van der Waals surface area contributed by atoms with Gasteiger partial charge in [-0.1, -0.05) is 11.6 Å². The molecule has 140 valence electrons. The summed E-state index contributed by atoms with van der Waals surface area (Å²) >= 11 is 6.26. The number of hydrogen-bond donors (Lipinski definition) is 3. The first-order valence-corrected chi connectivity index (χ1v) is 9.03. The first kappa shape index (κ1) is 18.4. The summed E-state index contributed by atoms with van der Waals surface area (Å²) in [4.78, 5) is 26.0. The van der Waals surface area contributed by atoms with Gasteiger partial charge in [0, 0.05) is 45.5 Å². The van der Waals surface area contributed by atoms with E-state index in [0.717, 1.165) is 25.9 Å². The van der Waals surface area contributed by atoms with Gasteiger partial charge in [-0.3, -0.25) is 9.79 Å². The Morgan fingerprint density at radius 1 is 1.42 bits per heavy atom. The van der Waals surface area contributed by atoms with E-state index in [1.54, 1.807) is 26.4 Å². The van der Waals surface area contributed by atoms with Gasteiger partial charge < -0.3 is 21.3 Å². The Morgan fingerprint density at radius 2 is 2.12 bits per heavy atom. The van der Waals surface area contributed by atoms with Crippen LogP contribution in [0.1, 0.15) is 19.8 Å². The molecule has 3 rings (SSSR count). The number of fused-ring (bicyclic) bond motifs is 1. The Kier molecular flexibility index (Phi) is 5.61. The molecule has 2 heterocycles. The van der Waals surface area contributed by atoms with Crippen molar-refractivity contribution < 1.29 is 4.79 Å². The van der Waals surface area contributed by atoms with Crippen molar-refractivity contribution in [1.29, 1.82) is 0 Å². The van der Waals surface area contributed by atoms with Gasteiger partial charge in [0.25, 0.3) is 0 Å². The molecule has 0 aromatic carbocycles. The Bertz CT molecular complexity index is 722. The molecule has 9 heteroatoms. The van der Waals surface area contributed by atoms with Crippen LogP contribution < -0.4 is 16.4 Å². The standard InChI is InChI=1S/C17H24ClN7O/c1-10(26)25-8-11-3-13(4-12(11)9-25)22-16-15(18)7-21-17(24-16)23-14(5-19)6-20-2/h5-7,11-13H,3-4,8-9,19H2,1-2H3,(H2,21,22,23,24). The number of amides is 1. The van der Waals surface area contributed by atoms with Gasteiger partial charge in [-0.05, 0) is 24.7 Å². The molecule has 2 unspecified atom stereocenters. The van der Waals surface area contributed by atoms with Gasteiger partial charge in [0.05, 0.1) is 11.9 Å². The summed E-state index contributed by atoms with van der Waals surface area (Å²) < 4.78 is 0. The molecule has 0 spiro atoms. The molecule has 2 aliphatic rings. The first-order chi connectivity index (χ1) is 12.5. The third kappa shape index (κ3) is 4.07. The summed E-state index contributed by atoms with van der Waals surface area (Å²) in [5.74, 6) is 2.25. The Balaban J connectivity index is 1.64. The normalized spacial score (nSPS) is 25.6. The zero-order valence-electron chi connectivity index (χ0n) is 14.9. The van der Waals surface area contributed by atoms with Crippen molar-refractivity contribution in [2.75, 3.05) is 30.8 Å². The Morgan fingerprint density at radius 3 is 2.69 bits per heavy atom. The Labute approximate surface area is 157 Å². The highest BCUT2D eigenvalue weighted by Crippen LogP contribution is 2.39. The van der Waals surface area contributed by atoms with E-state index in [9.17, 15) is 4.79 Å². The summed E-state index contributed by atoms with van der Waals surface area (Å²) in [6.45, 7) is 3.34. The summed E-state index contributed by atoms with van der Waals surface area (Å²) in [5, 5.41) is 6.91. The number of carbonyl (C=O) groups is 1. The number of hydrogen-bond acceptors (Lipinski definition) is 7. The molecule has 8 nitrogen and oxygen atoms in total. The quantitative estimate of drug-likeness (QED) is 0.674. The molecule has 1 aliphatic carbocycles. The van der Waals surface area contributed by atoms with Crippen molar-refractivity contribution >= 4 is 35.5 Å². The number of likely N-dealkylation sites (tertiary alicyclic amines) is 1. The highest BCUT2D eigenvalue weighted by atomic mass is 35.5. The fourth-order valence-corrected chi connectivity index (χ4v) is 3.93. The van der Waals surface area contributed by atoms with Crippen LogP contribution in [0.15, 0.2) is 23.1 Å². The number of anilines is 2. The Hall–Kier alpha value is -2.35. The fourth-order valence-electron chi connectivity index (χ4n) is 3.78. The zero-order chi connectivity index (χ0) is 18.7. The van der Waals surface area contributed by atoms with Gasteiger partial charge in [-0.2, -0.15) is 4.98 Å². The van der Waals surface area contributed by atoms with Crippen LogP contribution in [0.25, 0.3) is 0 Å².